The summed E-state index contributed by atoms with van der Waals surface area (Å²) >= 11 is 0. The van der Waals surface area contributed by atoms with Gasteiger partial charge in [-0.15, -0.1) is 0 Å². The number of esters is 2. The van der Waals surface area contributed by atoms with Crippen molar-refractivity contribution in [1.29, 1.82) is 0 Å². The minimum Gasteiger partial charge on any atom is -0.494 e. The van der Waals surface area contributed by atoms with Crippen molar-refractivity contribution in [2.24, 2.45) is 5.92 Å². The van der Waals surface area contributed by atoms with Gasteiger partial charge >= 0.3 is 11.9 Å². The molecule has 0 amide bonds. The maximum atomic E-state index is 12.3. The van der Waals surface area contributed by atoms with E-state index in [-0.39, 0.29) is 12.7 Å². The Morgan fingerprint density at radius 2 is 1.60 bits per heavy atom. The van der Waals surface area contributed by atoms with Crippen LogP contribution in [0.5, 0.6) is 11.5 Å². The summed E-state index contributed by atoms with van der Waals surface area (Å²) in [5.41, 5.74) is 0.821. The molecule has 1 heterocycles. The molecule has 30 heavy (non-hydrogen) atoms. The second-order valence-corrected chi connectivity index (χ2v) is 7.70. The van der Waals surface area contributed by atoms with Gasteiger partial charge in [0.25, 0.3) is 0 Å². The SMILES string of the molecule is CC(C)CCOc1ccc(C(=O)Oc2ccc(C(=O)OCC3CCCO3)cc2)cc1. The third kappa shape index (κ3) is 6.59. The van der Waals surface area contributed by atoms with E-state index < -0.39 is 11.9 Å². The average Bonchev–Trinajstić information content (AvgIpc) is 3.26. The molecule has 1 saturated heterocycles. The molecule has 0 N–H and O–H groups in total. The predicted octanol–water partition coefficient (Wildman–Crippen LogP) is 4.67. The maximum Gasteiger partial charge on any atom is 0.343 e. The molecule has 6 nitrogen and oxygen atoms in total. The van der Waals surface area contributed by atoms with Crippen molar-refractivity contribution >= 4 is 11.9 Å². The topological polar surface area (TPSA) is 71.1 Å². The third-order valence-corrected chi connectivity index (χ3v) is 4.78. The minimum absolute atomic E-state index is 0.0128. The van der Waals surface area contributed by atoms with Crippen LogP contribution in [0.1, 0.15) is 53.8 Å². The molecule has 2 aromatic carbocycles. The van der Waals surface area contributed by atoms with Gasteiger partial charge in [-0.2, -0.15) is 0 Å². The average molecular weight is 412 g/mol. The molecule has 1 aliphatic heterocycles. The highest BCUT2D eigenvalue weighted by atomic mass is 16.6. The largest absolute Gasteiger partial charge is 0.494 e. The molecule has 6 heteroatoms. The van der Waals surface area contributed by atoms with E-state index in [2.05, 4.69) is 13.8 Å². The zero-order chi connectivity index (χ0) is 21.3. The lowest BCUT2D eigenvalue weighted by molar-refractivity contribution is 0.0161. The van der Waals surface area contributed by atoms with Gasteiger partial charge in [0.1, 0.15) is 18.1 Å². The lowest BCUT2D eigenvalue weighted by Gasteiger charge is -2.10. The highest BCUT2D eigenvalue weighted by Crippen LogP contribution is 2.18. The molecule has 1 aliphatic rings. The van der Waals surface area contributed by atoms with E-state index in [0.717, 1.165) is 31.6 Å². The molecular weight excluding hydrogens is 384 g/mol. The smallest absolute Gasteiger partial charge is 0.343 e. The zero-order valence-electron chi connectivity index (χ0n) is 17.5. The number of rotatable bonds is 9. The molecule has 1 fully saturated rings. The first kappa shape index (κ1) is 21.8. The Bertz CT molecular complexity index is 820. The fourth-order valence-electron chi connectivity index (χ4n) is 2.95. The summed E-state index contributed by atoms with van der Waals surface area (Å²) in [5.74, 6) is 0.758. The van der Waals surface area contributed by atoms with Crippen LogP contribution < -0.4 is 9.47 Å². The van der Waals surface area contributed by atoms with E-state index >= 15 is 0 Å². The molecular formula is C24H28O6. The first-order valence-corrected chi connectivity index (χ1v) is 10.3. The Labute approximate surface area is 177 Å². The first-order valence-electron chi connectivity index (χ1n) is 10.3. The van der Waals surface area contributed by atoms with E-state index in [9.17, 15) is 9.59 Å². The van der Waals surface area contributed by atoms with Gasteiger partial charge in [0, 0.05) is 6.61 Å². The molecule has 0 spiro atoms. The Morgan fingerprint density at radius 1 is 0.967 bits per heavy atom. The van der Waals surface area contributed by atoms with Crippen LogP contribution in [0, 0.1) is 5.92 Å². The highest BCUT2D eigenvalue weighted by Gasteiger charge is 2.18. The van der Waals surface area contributed by atoms with Crippen LogP contribution in [0.15, 0.2) is 48.5 Å². The Morgan fingerprint density at radius 3 is 2.20 bits per heavy atom. The van der Waals surface area contributed by atoms with Crippen molar-refractivity contribution in [3.63, 3.8) is 0 Å². The molecule has 0 bridgehead atoms. The summed E-state index contributed by atoms with van der Waals surface area (Å²) in [6.07, 6.45) is 2.87. The van der Waals surface area contributed by atoms with E-state index in [1.807, 2.05) is 0 Å². The number of ether oxygens (including phenoxy) is 4. The van der Waals surface area contributed by atoms with Crippen molar-refractivity contribution in [2.45, 2.75) is 39.2 Å². The molecule has 3 rings (SSSR count). The van der Waals surface area contributed by atoms with E-state index in [4.69, 9.17) is 18.9 Å². The van der Waals surface area contributed by atoms with Gasteiger partial charge in [0.05, 0.1) is 23.8 Å². The number of carbonyl (C=O) groups excluding carboxylic acids is 2. The summed E-state index contributed by atoms with van der Waals surface area (Å²) in [7, 11) is 0. The quantitative estimate of drug-likeness (QED) is 0.440. The minimum atomic E-state index is -0.475. The highest BCUT2D eigenvalue weighted by molar-refractivity contribution is 5.92. The standard InChI is InChI=1S/C24H28O6/c1-17(2)13-15-28-20-9-5-19(6-10-20)24(26)30-21-11-7-18(8-12-21)23(25)29-16-22-4-3-14-27-22/h5-12,17,22H,3-4,13-16H2,1-2H3. The second kappa shape index (κ2) is 10.8. The molecule has 0 radical (unpaired) electrons. The van der Waals surface area contributed by atoms with Crippen molar-refractivity contribution < 1.29 is 28.5 Å². The van der Waals surface area contributed by atoms with Crippen molar-refractivity contribution in [2.75, 3.05) is 19.8 Å². The maximum absolute atomic E-state index is 12.3. The van der Waals surface area contributed by atoms with E-state index in [0.29, 0.717) is 29.4 Å². The number of carbonyl (C=O) groups is 2. The molecule has 160 valence electrons. The van der Waals surface area contributed by atoms with Gasteiger partial charge in [-0.1, -0.05) is 13.8 Å². The summed E-state index contributed by atoms with van der Waals surface area (Å²) in [4.78, 5) is 24.4. The van der Waals surface area contributed by atoms with Gasteiger partial charge < -0.3 is 18.9 Å². The van der Waals surface area contributed by atoms with Crippen LogP contribution in [0.4, 0.5) is 0 Å². The third-order valence-electron chi connectivity index (χ3n) is 4.78. The summed E-state index contributed by atoms with van der Waals surface area (Å²) < 4.78 is 21.7. The van der Waals surface area contributed by atoms with Crippen LogP contribution in [0.3, 0.4) is 0 Å². The Hall–Kier alpha value is -2.86. The molecule has 0 aliphatic carbocycles. The summed E-state index contributed by atoms with van der Waals surface area (Å²) in [6, 6.07) is 13.1. The number of hydrogen-bond acceptors (Lipinski definition) is 6. The molecule has 0 aromatic heterocycles. The number of benzene rings is 2. The van der Waals surface area contributed by atoms with Crippen LogP contribution >= 0.6 is 0 Å². The lowest BCUT2D eigenvalue weighted by Crippen LogP contribution is -2.17. The van der Waals surface area contributed by atoms with E-state index in [1.165, 1.54) is 0 Å². The normalized spacial score (nSPS) is 15.8. The predicted molar refractivity (Wildman–Crippen MR) is 112 cm³/mol. The zero-order valence-corrected chi connectivity index (χ0v) is 17.5. The van der Waals surface area contributed by atoms with Crippen LogP contribution in [-0.2, 0) is 9.47 Å². The van der Waals surface area contributed by atoms with Gasteiger partial charge in [0.2, 0.25) is 0 Å². The molecule has 1 atom stereocenters. The molecule has 2 aromatic rings. The van der Waals surface area contributed by atoms with Gasteiger partial charge in [-0.3, -0.25) is 0 Å². The fourth-order valence-corrected chi connectivity index (χ4v) is 2.95. The van der Waals surface area contributed by atoms with Crippen molar-refractivity contribution in [3.05, 3.63) is 59.7 Å². The first-order chi connectivity index (χ1) is 14.5. The van der Waals surface area contributed by atoms with Crippen molar-refractivity contribution in [3.8, 4) is 11.5 Å². The summed E-state index contributed by atoms with van der Waals surface area (Å²) in [6.45, 7) is 5.90. The monoisotopic (exact) mass is 412 g/mol. The van der Waals surface area contributed by atoms with Gasteiger partial charge in [-0.25, -0.2) is 9.59 Å². The second-order valence-electron chi connectivity index (χ2n) is 7.70. The van der Waals surface area contributed by atoms with Crippen LogP contribution in [0.2, 0.25) is 0 Å². The van der Waals surface area contributed by atoms with E-state index in [1.54, 1.807) is 48.5 Å². The number of hydrogen-bond donors (Lipinski definition) is 0. The summed E-state index contributed by atoms with van der Waals surface area (Å²) in [5, 5.41) is 0. The Balaban J connectivity index is 1.48. The fraction of sp³-hybridized carbons (Fsp3) is 0.417. The van der Waals surface area contributed by atoms with Gasteiger partial charge in [-0.05, 0) is 73.7 Å². The van der Waals surface area contributed by atoms with Crippen LogP contribution in [0.25, 0.3) is 0 Å². The molecule has 0 saturated carbocycles. The lowest BCUT2D eigenvalue weighted by atomic mass is 10.1. The van der Waals surface area contributed by atoms with Crippen LogP contribution in [-0.4, -0.2) is 37.9 Å². The molecule has 1 unspecified atom stereocenters. The van der Waals surface area contributed by atoms with Gasteiger partial charge in [0.15, 0.2) is 0 Å². The van der Waals surface area contributed by atoms with Crippen molar-refractivity contribution in [1.82, 2.24) is 0 Å². The Kier molecular flexibility index (Phi) is 7.85.